The summed E-state index contributed by atoms with van der Waals surface area (Å²) in [5.74, 6) is -0.176. The number of rotatable bonds is 3. The molecule has 0 unspecified atom stereocenters. The van der Waals surface area contributed by atoms with E-state index in [1.807, 2.05) is 24.3 Å². The number of benzene rings is 2. The van der Waals surface area contributed by atoms with Crippen LogP contribution in [0.5, 0.6) is 5.75 Å². The van der Waals surface area contributed by atoms with Crippen molar-refractivity contribution < 1.29 is 9.13 Å². The van der Waals surface area contributed by atoms with Crippen LogP contribution in [0.3, 0.4) is 0 Å². The molecule has 0 amide bonds. The van der Waals surface area contributed by atoms with Crippen LogP contribution in [0, 0.1) is 5.82 Å². The molecular formula is C13H10BrClFNO. The third-order valence-electron chi connectivity index (χ3n) is 2.34. The van der Waals surface area contributed by atoms with E-state index < -0.39 is 5.82 Å². The van der Waals surface area contributed by atoms with Crippen LogP contribution in [0.25, 0.3) is 0 Å². The lowest BCUT2D eigenvalue weighted by molar-refractivity contribution is 0.307. The van der Waals surface area contributed by atoms with E-state index in [0.717, 1.165) is 16.1 Å². The molecule has 0 heterocycles. The van der Waals surface area contributed by atoms with Gasteiger partial charge in [0.25, 0.3) is 0 Å². The lowest BCUT2D eigenvalue weighted by Crippen LogP contribution is -1.99. The maximum Gasteiger partial charge on any atom is 0.144 e. The van der Waals surface area contributed by atoms with Gasteiger partial charge >= 0.3 is 0 Å². The van der Waals surface area contributed by atoms with Crippen LogP contribution in [0.2, 0.25) is 5.02 Å². The molecule has 0 radical (unpaired) electrons. The van der Waals surface area contributed by atoms with Crippen molar-refractivity contribution in [3.63, 3.8) is 0 Å². The number of hydrogen-bond acceptors (Lipinski definition) is 2. The van der Waals surface area contributed by atoms with Crippen LogP contribution in [0.15, 0.2) is 40.9 Å². The molecule has 0 atom stereocenters. The third kappa shape index (κ3) is 3.15. The quantitative estimate of drug-likeness (QED) is 0.846. The standard InChI is InChI=1S/C13H10BrClFNO/c14-9-3-1-2-8(4-9)7-18-13-5-10(15)11(16)6-12(13)17/h1-6H,7,17H2. The van der Waals surface area contributed by atoms with Gasteiger partial charge in [-0.15, -0.1) is 0 Å². The largest absolute Gasteiger partial charge is 0.487 e. The highest BCUT2D eigenvalue weighted by Gasteiger charge is 2.07. The molecule has 0 aliphatic heterocycles. The second-order valence-corrected chi connectivity index (χ2v) is 5.05. The van der Waals surface area contributed by atoms with Gasteiger partial charge in [0.1, 0.15) is 18.2 Å². The van der Waals surface area contributed by atoms with Gasteiger partial charge in [-0.1, -0.05) is 39.7 Å². The Morgan fingerprint density at radius 1 is 1.28 bits per heavy atom. The summed E-state index contributed by atoms with van der Waals surface area (Å²) in [6, 6.07) is 10.2. The van der Waals surface area contributed by atoms with Gasteiger partial charge in [-0.25, -0.2) is 4.39 Å². The summed E-state index contributed by atoms with van der Waals surface area (Å²) in [6.45, 7) is 0.339. The molecule has 0 aliphatic carbocycles. The van der Waals surface area contributed by atoms with Crippen LogP contribution in [-0.2, 0) is 6.61 Å². The normalized spacial score (nSPS) is 10.4. The summed E-state index contributed by atoms with van der Waals surface area (Å²) in [4.78, 5) is 0. The summed E-state index contributed by atoms with van der Waals surface area (Å²) in [5, 5.41) is -0.00607. The van der Waals surface area contributed by atoms with Gasteiger partial charge in [0.2, 0.25) is 0 Å². The van der Waals surface area contributed by atoms with Crippen LogP contribution in [0.4, 0.5) is 10.1 Å². The average Bonchev–Trinajstić information content (AvgIpc) is 2.32. The molecule has 2 rings (SSSR count). The highest BCUT2D eigenvalue weighted by Crippen LogP contribution is 2.29. The fourth-order valence-corrected chi connectivity index (χ4v) is 2.06. The average molecular weight is 331 g/mol. The molecule has 0 aromatic heterocycles. The maximum absolute atomic E-state index is 13.1. The van der Waals surface area contributed by atoms with Gasteiger partial charge in [-0.3, -0.25) is 0 Å². The lowest BCUT2D eigenvalue weighted by Gasteiger charge is -2.10. The predicted octanol–water partition coefficient (Wildman–Crippen LogP) is 4.40. The third-order valence-corrected chi connectivity index (χ3v) is 3.12. The van der Waals surface area contributed by atoms with Gasteiger partial charge in [0, 0.05) is 16.6 Å². The topological polar surface area (TPSA) is 35.2 Å². The molecule has 94 valence electrons. The number of halogens is 3. The van der Waals surface area contributed by atoms with E-state index in [-0.39, 0.29) is 10.7 Å². The zero-order chi connectivity index (χ0) is 13.1. The Hall–Kier alpha value is -1.26. The minimum atomic E-state index is -0.552. The van der Waals surface area contributed by atoms with E-state index in [2.05, 4.69) is 15.9 Å². The van der Waals surface area contributed by atoms with E-state index in [1.165, 1.54) is 6.07 Å². The molecule has 0 fully saturated rings. The molecule has 18 heavy (non-hydrogen) atoms. The fraction of sp³-hybridized carbons (Fsp3) is 0.0769. The van der Waals surface area contributed by atoms with Gasteiger partial charge in [-0.05, 0) is 17.7 Å². The molecule has 5 heteroatoms. The lowest BCUT2D eigenvalue weighted by atomic mass is 10.2. The van der Waals surface area contributed by atoms with Gasteiger partial charge in [0.15, 0.2) is 0 Å². The van der Waals surface area contributed by atoms with Crippen LogP contribution < -0.4 is 10.5 Å². The van der Waals surface area contributed by atoms with Crippen molar-refractivity contribution in [1.29, 1.82) is 0 Å². The molecule has 2 aromatic rings. The van der Waals surface area contributed by atoms with Crippen molar-refractivity contribution in [2.45, 2.75) is 6.61 Å². The number of nitrogens with two attached hydrogens (primary N) is 1. The Balaban J connectivity index is 2.13. The predicted molar refractivity (Wildman–Crippen MR) is 74.3 cm³/mol. The van der Waals surface area contributed by atoms with Crippen molar-refractivity contribution in [2.75, 3.05) is 5.73 Å². The first-order chi connectivity index (χ1) is 8.56. The van der Waals surface area contributed by atoms with Crippen molar-refractivity contribution in [1.82, 2.24) is 0 Å². The van der Waals surface area contributed by atoms with Gasteiger partial charge in [0.05, 0.1) is 10.7 Å². The number of ether oxygens (including phenoxy) is 1. The smallest absolute Gasteiger partial charge is 0.144 e. The molecule has 0 saturated carbocycles. The van der Waals surface area contributed by atoms with Crippen LogP contribution >= 0.6 is 27.5 Å². The second-order valence-electron chi connectivity index (χ2n) is 3.72. The molecule has 2 N–H and O–H groups in total. The molecule has 0 saturated heterocycles. The summed E-state index contributed by atoms with van der Waals surface area (Å²) < 4.78 is 19.6. The molecular weight excluding hydrogens is 321 g/mol. The Labute approximate surface area is 118 Å². The van der Waals surface area contributed by atoms with E-state index in [1.54, 1.807) is 0 Å². The van der Waals surface area contributed by atoms with E-state index in [0.29, 0.717) is 12.4 Å². The Bertz CT molecular complexity index is 577. The first-order valence-electron chi connectivity index (χ1n) is 5.18. The van der Waals surface area contributed by atoms with E-state index in [9.17, 15) is 4.39 Å². The highest BCUT2D eigenvalue weighted by molar-refractivity contribution is 9.10. The zero-order valence-electron chi connectivity index (χ0n) is 9.29. The summed E-state index contributed by atoms with van der Waals surface area (Å²) in [6.07, 6.45) is 0. The van der Waals surface area contributed by atoms with Crippen LogP contribution in [-0.4, -0.2) is 0 Å². The number of hydrogen-bond donors (Lipinski definition) is 1. The van der Waals surface area contributed by atoms with E-state index in [4.69, 9.17) is 22.1 Å². The monoisotopic (exact) mass is 329 g/mol. The van der Waals surface area contributed by atoms with Crippen molar-refractivity contribution >= 4 is 33.2 Å². The summed E-state index contributed by atoms with van der Waals surface area (Å²) in [7, 11) is 0. The highest BCUT2D eigenvalue weighted by atomic mass is 79.9. The Morgan fingerprint density at radius 2 is 2.06 bits per heavy atom. The first-order valence-corrected chi connectivity index (χ1v) is 6.35. The first kappa shape index (κ1) is 13.2. The SMILES string of the molecule is Nc1cc(F)c(Cl)cc1OCc1cccc(Br)c1. The number of anilines is 1. The van der Waals surface area contributed by atoms with Gasteiger partial charge in [-0.2, -0.15) is 0 Å². The molecule has 2 nitrogen and oxygen atoms in total. The molecule has 0 spiro atoms. The maximum atomic E-state index is 13.1. The fourth-order valence-electron chi connectivity index (χ4n) is 1.46. The Morgan fingerprint density at radius 3 is 2.78 bits per heavy atom. The molecule has 0 bridgehead atoms. The zero-order valence-corrected chi connectivity index (χ0v) is 11.6. The van der Waals surface area contributed by atoms with E-state index >= 15 is 0 Å². The van der Waals surface area contributed by atoms with Crippen molar-refractivity contribution in [3.8, 4) is 5.75 Å². The molecule has 2 aromatic carbocycles. The Kier molecular flexibility index (Phi) is 4.09. The summed E-state index contributed by atoms with van der Waals surface area (Å²) in [5.41, 5.74) is 6.86. The minimum absolute atomic E-state index is 0.00607. The van der Waals surface area contributed by atoms with Crippen molar-refractivity contribution in [3.05, 3.63) is 57.3 Å². The minimum Gasteiger partial charge on any atom is -0.487 e. The molecule has 0 aliphatic rings. The van der Waals surface area contributed by atoms with Gasteiger partial charge < -0.3 is 10.5 Å². The summed E-state index contributed by atoms with van der Waals surface area (Å²) >= 11 is 9.05. The number of nitrogen functional groups attached to an aromatic ring is 1. The van der Waals surface area contributed by atoms with Crippen molar-refractivity contribution in [2.24, 2.45) is 0 Å². The second kappa shape index (κ2) is 5.59. The van der Waals surface area contributed by atoms with Crippen LogP contribution in [0.1, 0.15) is 5.56 Å².